The molecule has 9 heteroatoms. The molecule has 33 heavy (non-hydrogen) atoms. The Balaban J connectivity index is 1.68. The monoisotopic (exact) mass is 470 g/mol. The Labute approximate surface area is 196 Å². The van der Waals surface area contributed by atoms with Gasteiger partial charge < -0.3 is 19.5 Å². The number of thioether (sulfide) groups is 1. The van der Waals surface area contributed by atoms with Crippen LogP contribution in [0, 0.1) is 13.8 Å². The van der Waals surface area contributed by atoms with Gasteiger partial charge in [0, 0.05) is 18.7 Å². The van der Waals surface area contributed by atoms with Crippen molar-refractivity contribution in [2.75, 3.05) is 34.4 Å². The van der Waals surface area contributed by atoms with Crippen LogP contribution in [0.4, 0.5) is 4.79 Å². The molecule has 3 rings (SSSR count). The van der Waals surface area contributed by atoms with Crippen LogP contribution in [0.2, 0.25) is 0 Å². The van der Waals surface area contributed by atoms with Crippen molar-refractivity contribution in [3.8, 4) is 17.2 Å². The van der Waals surface area contributed by atoms with Crippen molar-refractivity contribution >= 4 is 34.9 Å². The molecule has 1 heterocycles. The Hall–Kier alpha value is -3.46. The van der Waals surface area contributed by atoms with Gasteiger partial charge in [-0.3, -0.25) is 19.3 Å². The molecule has 1 N–H and O–H groups in total. The Bertz CT molecular complexity index is 1100. The number of nitrogens with zero attached hydrogens (tertiary/aromatic N) is 1. The van der Waals surface area contributed by atoms with Crippen molar-refractivity contribution < 1.29 is 28.6 Å². The first kappa shape index (κ1) is 24.2. The normalized spacial score (nSPS) is 14.6. The standard InChI is InChI=1S/C24H26N2O6S/c1-14-6-7-17(10-15(14)2)22(27)25-8-9-26-23(28)20(33-24(26)29)13-16-11-18(30-3)21(32-5)19(12-16)31-4/h6-7,10-13H,8-9H2,1-5H3,(H,25,27)/b20-13-. The Morgan fingerprint density at radius 1 is 1.00 bits per heavy atom. The second kappa shape index (κ2) is 10.4. The first-order valence-electron chi connectivity index (χ1n) is 10.2. The third kappa shape index (κ3) is 5.31. The van der Waals surface area contributed by atoms with Gasteiger partial charge in [0.2, 0.25) is 5.75 Å². The highest BCUT2D eigenvalue weighted by atomic mass is 32.2. The summed E-state index contributed by atoms with van der Waals surface area (Å²) in [5, 5.41) is 2.37. The molecule has 0 atom stereocenters. The van der Waals surface area contributed by atoms with E-state index in [-0.39, 0.29) is 29.1 Å². The highest BCUT2D eigenvalue weighted by molar-refractivity contribution is 8.18. The molecule has 0 aromatic heterocycles. The van der Waals surface area contributed by atoms with Gasteiger partial charge in [0.15, 0.2) is 11.5 Å². The van der Waals surface area contributed by atoms with Crippen LogP contribution in [0.1, 0.15) is 27.0 Å². The zero-order valence-corrected chi connectivity index (χ0v) is 20.0. The molecule has 0 saturated carbocycles. The molecule has 2 aromatic carbocycles. The van der Waals surface area contributed by atoms with Gasteiger partial charge in [-0.25, -0.2) is 0 Å². The van der Waals surface area contributed by atoms with Crippen LogP contribution < -0.4 is 19.5 Å². The molecule has 0 bridgehead atoms. The van der Waals surface area contributed by atoms with E-state index in [1.54, 1.807) is 24.3 Å². The van der Waals surface area contributed by atoms with Gasteiger partial charge in [-0.2, -0.15) is 0 Å². The molecule has 0 aliphatic carbocycles. The van der Waals surface area contributed by atoms with Crippen molar-refractivity contribution in [3.63, 3.8) is 0 Å². The molecule has 1 aliphatic heterocycles. The SMILES string of the molecule is COc1cc(/C=C2\SC(=O)N(CCNC(=O)c3ccc(C)c(C)c3)C2=O)cc(OC)c1OC. The quantitative estimate of drug-likeness (QED) is 0.587. The summed E-state index contributed by atoms with van der Waals surface area (Å²) in [5.41, 5.74) is 3.28. The van der Waals surface area contributed by atoms with Crippen molar-refractivity contribution in [2.45, 2.75) is 13.8 Å². The zero-order chi connectivity index (χ0) is 24.1. The summed E-state index contributed by atoms with van der Waals surface area (Å²) < 4.78 is 16.0. The second-order valence-corrected chi connectivity index (χ2v) is 8.34. The lowest BCUT2D eigenvalue weighted by Gasteiger charge is -2.14. The number of imide groups is 1. The van der Waals surface area contributed by atoms with Crippen molar-refractivity contribution in [1.29, 1.82) is 0 Å². The van der Waals surface area contributed by atoms with Gasteiger partial charge in [0.05, 0.1) is 26.2 Å². The fourth-order valence-corrected chi connectivity index (χ4v) is 4.16. The summed E-state index contributed by atoms with van der Waals surface area (Å²) in [5.74, 6) is 0.648. The molecule has 3 amide bonds. The van der Waals surface area contributed by atoms with Gasteiger partial charge in [-0.1, -0.05) is 6.07 Å². The smallest absolute Gasteiger partial charge is 0.293 e. The van der Waals surface area contributed by atoms with Crippen LogP contribution in [0.25, 0.3) is 6.08 Å². The van der Waals surface area contributed by atoms with Gasteiger partial charge in [0.25, 0.3) is 17.1 Å². The molecule has 8 nitrogen and oxygen atoms in total. The maximum atomic E-state index is 12.8. The number of ether oxygens (including phenoxy) is 3. The molecule has 0 spiro atoms. The maximum absolute atomic E-state index is 12.8. The number of amides is 3. The summed E-state index contributed by atoms with van der Waals surface area (Å²) in [6.45, 7) is 4.14. The van der Waals surface area contributed by atoms with Crippen molar-refractivity contribution in [3.05, 3.63) is 57.5 Å². The number of carbonyl (C=O) groups excluding carboxylic acids is 3. The molecular weight excluding hydrogens is 444 g/mol. The van der Waals surface area contributed by atoms with Crippen molar-refractivity contribution in [1.82, 2.24) is 10.2 Å². The van der Waals surface area contributed by atoms with Crippen LogP contribution in [-0.4, -0.2) is 56.4 Å². The van der Waals surface area contributed by atoms with Gasteiger partial charge in [0.1, 0.15) is 0 Å². The van der Waals surface area contributed by atoms with Gasteiger partial charge >= 0.3 is 0 Å². The Kier molecular flexibility index (Phi) is 7.65. The first-order chi connectivity index (χ1) is 15.8. The molecule has 2 aromatic rings. The number of rotatable bonds is 8. The number of carbonyl (C=O) groups is 3. The minimum atomic E-state index is -0.417. The van der Waals surface area contributed by atoms with Crippen LogP contribution >= 0.6 is 11.8 Å². The van der Waals surface area contributed by atoms with Crippen molar-refractivity contribution in [2.24, 2.45) is 0 Å². The summed E-state index contributed by atoms with van der Waals surface area (Å²) in [6.07, 6.45) is 1.60. The average Bonchev–Trinajstić information content (AvgIpc) is 3.07. The zero-order valence-electron chi connectivity index (χ0n) is 19.2. The number of nitrogens with one attached hydrogen (secondary N) is 1. The largest absolute Gasteiger partial charge is 0.493 e. The van der Waals surface area contributed by atoms with E-state index in [2.05, 4.69) is 5.32 Å². The van der Waals surface area contributed by atoms with Crippen LogP contribution in [0.5, 0.6) is 17.2 Å². The van der Waals surface area contributed by atoms with E-state index in [4.69, 9.17) is 14.2 Å². The average molecular weight is 471 g/mol. The fourth-order valence-electron chi connectivity index (χ4n) is 3.29. The number of benzene rings is 2. The lowest BCUT2D eigenvalue weighted by molar-refractivity contribution is -0.122. The predicted molar refractivity (Wildman–Crippen MR) is 127 cm³/mol. The molecule has 174 valence electrons. The fraction of sp³-hybridized carbons (Fsp3) is 0.292. The van der Waals surface area contributed by atoms with Crippen LogP contribution in [-0.2, 0) is 4.79 Å². The highest BCUT2D eigenvalue weighted by Crippen LogP contribution is 2.40. The lowest BCUT2D eigenvalue weighted by Crippen LogP contribution is -2.37. The van der Waals surface area contributed by atoms with E-state index in [9.17, 15) is 14.4 Å². The summed E-state index contributed by atoms with van der Waals surface area (Å²) in [4.78, 5) is 39.0. The summed E-state index contributed by atoms with van der Waals surface area (Å²) in [7, 11) is 4.51. The molecular formula is C24H26N2O6S. The number of hydrogen-bond donors (Lipinski definition) is 1. The van der Waals surface area contributed by atoms with Crippen LogP contribution in [0.3, 0.4) is 0 Å². The number of aryl methyl sites for hydroxylation is 2. The Morgan fingerprint density at radius 2 is 1.67 bits per heavy atom. The summed E-state index contributed by atoms with van der Waals surface area (Å²) >= 11 is 0.845. The minimum Gasteiger partial charge on any atom is -0.493 e. The third-order valence-corrected chi connectivity index (χ3v) is 6.16. The molecule has 0 radical (unpaired) electrons. The summed E-state index contributed by atoms with van der Waals surface area (Å²) in [6, 6.07) is 8.83. The van der Waals surface area contributed by atoms with E-state index in [1.165, 1.54) is 21.3 Å². The molecule has 0 unspecified atom stereocenters. The Morgan fingerprint density at radius 3 is 2.24 bits per heavy atom. The van der Waals surface area contributed by atoms with E-state index in [1.807, 2.05) is 26.0 Å². The lowest BCUT2D eigenvalue weighted by atomic mass is 10.1. The second-order valence-electron chi connectivity index (χ2n) is 7.35. The van der Waals surface area contributed by atoms with Gasteiger partial charge in [-0.05, 0) is 72.6 Å². The molecule has 1 fully saturated rings. The minimum absolute atomic E-state index is 0.0772. The first-order valence-corrected chi connectivity index (χ1v) is 11.0. The number of methoxy groups -OCH3 is 3. The third-order valence-electron chi connectivity index (χ3n) is 5.25. The molecule has 1 saturated heterocycles. The van der Waals surface area contributed by atoms with E-state index in [0.29, 0.717) is 28.4 Å². The van der Waals surface area contributed by atoms with Gasteiger partial charge in [-0.15, -0.1) is 0 Å². The van der Waals surface area contributed by atoms with E-state index < -0.39 is 5.91 Å². The topological polar surface area (TPSA) is 94.2 Å². The van der Waals surface area contributed by atoms with E-state index in [0.717, 1.165) is 27.8 Å². The highest BCUT2D eigenvalue weighted by Gasteiger charge is 2.34. The molecule has 1 aliphatic rings. The number of hydrogen-bond acceptors (Lipinski definition) is 7. The maximum Gasteiger partial charge on any atom is 0.293 e. The van der Waals surface area contributed by atoms with E-state index >= 15 is 0 Å². The van der Waals surface area contributed by atoms with Crippen LogP contribution in [0.15, 0.2) is 35.2 Å². The predicted octanol–water partition coefficient (Wildman–Crippen LogP) is 3.80.